The molecule has 0 radical (unpaired) electrons. The number of rotatable bonds is 18. The second-order valence-corrected chi connectivity index (χ2v) is 82.4. The van der Waals surface area contributed by atoms with Crippen LogP contribution in [0.1, 0.15) is 328 Å². The van der Waals surface area contributed by atoms with E-state index in [1.807, 2.05) is 0 Å². The number of benzene rings is 15. The molecular formula is C134H158Si6. The molecule has 0 saturated carbocycles. The van der Waals surface area contributed by atoms with Crippen LogP contribution in [0, 0.1) is 68.8 Å². The van der Waals surface area contributed by atoms with Crippen molar-refractivity contribution in [2.75, 3.05) is 0 Å². The Morgan fingerprint density at radius 2 is 0.243 bits per heavy atom. The van der Waals surface area contributed by atoms with Gasteiger partial charge in [-0.3, -0.25) is 0 Å². The van der Waals surface area contributed by atoms with Crippen molar-refractivity contribution in [2.45, 2.75) is 361 Å². The summed E-state index contributed by atoms with van der Waals surface area (Å²) in [6.07, 6.45) is 0. The normalized spacial score (nSPS) is 14.5. The maximum atomic E-state index is 4.38. The summed E-state index contributed by atoms with van der Waals surface area (Å²) in [6.45, 7) is 88.8. The molecule has 15 aromatic carbocycles. The zero-order valence-corrected chi connectivity index (χ0v) is 97.9. The van der Waals surface area contributed by atoms with Crippen LogP contribution < -0.4 is 0 Å². The molecular weight excluding hydrogens is 1780 g/mol. The molecule has 0 spiro atoms. The predicted molar refractivity (Wildman–Crippen MR) is 639 cm³/mol. The lowest BCUT2D eigenvalue weighted by Gasteiger charge is -2.43. The largest absolute Gasteiger partial charge is 0.146 e. The van der Waals surface area contributed by atoms with Crippen molar-refractivity contribution >= 4 is 178 Å². The van der Waals surface area contributed by atoms with Crippen LogP contribution in [-0.4, -0.2) is 48.4 Å². The molecule has 2 bridgehead atoms. The lowest BCUT2D eigenvalue weighted by molar-refractivity contribution is 0.761. The molecule has 6 heteroatoms. The maximum Gasteiger partial charge on any atom is 0.146 e. The SMILES string of the molecule is CC(C)[Si](C#Cc1c2cc3ccccc3cc2c(C#C[Si](C(C)C)(C(C)C)C(C)C)c2cc3cc4c(cc3cc12)C1c2cc3cc5c(C#C[Si](C(C)C)(C(C)C)C(C)C)c6cc7ccccc7cc6c(C#C[Si](C(C)C)(C(C)C)C(C)C)c5cc3cc2C4c2cc3cc4c(C#C[Si](C(C)C)(C(C)C)C(C)C)c5cc6ccccc6cc5c(C#C[Si](C(C)C)(C(C)C)C(C)C)c4cc3cc21)(C(C)C)C(C)C. The summed E-state index contributed by atoms with van der Waals surface area (Å²) < 4.78 is 0. The van der Waals surface area contributed by atoms with Crippen molar-refractivity contribution in [3.05, 3.63) is 249 Å². The van der Waals surface area contributed by atoms with Gasteiger partial charge < -0.3 is 0 Å². The molecule has 18 rings (SSSR count). The van der Waals surface area contributed by atoms with Crippen molar-refractivity contribution in [3.63, 3.8) is 0 Å². The quantitative estimate of drug-likeness (QED) is 0.0456. The highest BCUT2D eigenvalue weighted by molar-refractivity contribution is 6.93. The fraction of sp³-hybridized carbons (Fsp3) is 0.418. The van der Waals surface area contributed by atoms with Crippen molar-refractivity contribution in [3.8, 4) is 68.8 Å². The first-order valence-corrected chi connectivity index (χ1v) is 67.5. The highest BCUT2D eigenvalue weighted by Crippen LogP contribution is 2.60. The van der Waals surface area contributed by atoms with Gasteiger partial charge in [0.15, 0.2) is 0 Å². The van der Waals surface area contributed by atoms with Gasteiger partial charge in [0.1, 0.15) is 48.4 Å². The third-order valence-electron chi connectivity index (χ3n) is 36.9. The van der Waals surface area contributed by atoms with Crippen LogP contribution >= 0.6 is 0 Å². The molecule has 3 aliphatic carbocycles. The van der Waals surface area contributed by atoms with Gasteiger partial charge in [0, 0.05) is 45.2 Å². The van der Waals surface area contributed by atoms with Gasteiger partial charge in [-0.25, -0.2) is 0 Å². The van der Waals surface area contributed by atoms with E-state index in [2.05, 4.69) is 500 Å². The first-order chi connectivity index (χ1) is 66.2. The molecule has 0 amide bonds. The highest BCUT2D eigenvalue weighted by Gasteiger charge is 2.49. The van der Waals surface area contributed by atoms with Crippen LogP contribution in [0.15, 0.2) is 182 Å². The third-order valence-corrected chi connectivity index (χ3v) is 74.7. The van der Waals surface area contributed by atoms with Crippen molar-refractivity contribution < 1.29 is 0 Å². The molecule has 0 heterocycles. The van der Waals surface area contributed by atoms with Gasteiger partial charge in [-0.05, 0) is 372 Å². The molecule has 15 aromatic rings. The highest BCUT2D eigenvalue weighted by atomic mass is 28.3. The van der Waals surface area contributed by atoms with Gasteiger partial charge in [-0.1, -0.05) is 358 Å². The molecule has 0 fully saturated rings. The summed E-state index contributed by atoms with van der Waals surface area (Å²) in [5, 5.41) is 29.2. The summed E-state index contributed by atoms with van der Waals surface area (Å²) in [5.41, 5.74) is 49.5. The second kappa shape index (κ2) is 38.0. The van der Waals surface area contributed by atoms with Crippen LogP contribution in [0.3, 0.4) is 0 Å². The van der Waals surface area contributed by atoms with Crippen LogP contribution in [0.4, 0.5) is 0 Å². The Kier molecular flexibility index (Phi) is 27.6. The Bertz CT molecular complexity index is 6660. The molecule has 0 atom stereocenters. The standard InChI is InChI=1S/C134H158Si6/c1-79(2)135(80(3)4,81(5)6)55-49-109-115-61-97-43-37-38-44-98(97)62-116(115)110(50-56-136(82(7)8,83(9)10)84(11)12)122-68-104-74-128-127(73-103(104)67-121(109)122)133-129-75-105-69-123-111(51-57-137(85(13)14,86(15)16)87(17)18)117-63-99-45-39-41-47-101(99)65-119(117)113(53-59-139(91(25)26,92(27)28)93(29)30)125(123)71-107(105)77-131(129)134(128)132-78-108-72-126-114(54-60-140(94(31)32,95(33)34)96(35)36)120-66-102-48-42-40-46-100(102)64-118(120)112(124(126)70-106(108)76-130(132)133)52-58-138(88(19)20,89(21)22)90(23)24/h37-48,61-96,133-134H,1-36H3. The molecule has 3 aliphatic rings. The Balaban J connectivity index is 1.06. The Hall–Kier alpha value is -9.92. The smallest absolute Gasteiger partial charge is 0.125 e. The topological polar surface area (TPSA) is 0 Å². The van der Waals surface area contributed by atoms with Crippen molar-refractivity contribution in [2.24, 2.45) is 0 Å². The molecule has 718 valence electrons. The molecule has 0 unspecified atom stereocenters. The fourth-order valence-corrected chi connectivity index (χ4v) is 61.4. The van der Waals surface area contributed by atoms with E-state index >= 15 is 0 Å². The minimum absolute atomic E-state index is 0.140. The average Bonchev–Trinajstić information content (AvgIpc) is 0.680. The van der Waals surface area contributed by atoms with Crippen LogP contribution in [0.25, 0.3) is 129 Å². The van der Waals surface area contributed by atoms with Crippen molar-refractivity contribution in [1.82, 2.24) is 0 Å². The summed E-state index contributed by atoms with van der Waals surface area (Å²) in [4.78, 5) is 0. The zero-order valence-electron chi connectivity index (χ0n) is 91.9. The summed E-state index contributed by atoms with van der Waals surface area (Å²) in [6, 6.07) is 73.7. The summed E-state index contributed by atoms with van der Waals surface area (Å²) in [7, 11) is -13.8. The maximum absolute atomic E-state index is 4.38. The van der Waals surface area contributed by atoms with E-state index in [1.165, 1.54) is 163 Å². The van der Waals surface area contributed by atoms with Gasteiger partial charge in [-0.15, -0.1) is 33.3 Å². The van der Waals surface area contributed by atoms with Gasteiger partial charge in [0.2, 0.25) is 0 Å². The minimum Gasteiger partial charge on any atom is -0.125 e. The number of hydrogen-bond acceptors (Lipinski definition) is 0. The van der Waals surface area contributed by atoms with Crippen LogP contribution in [0.5, 0.6) is 0 Å². The predicted octanol–water partition coefficient (Wildman–Crippen LogP) is 39.9. The fourth-order valence-electron chi connectivity index (χ4n) is 30.2. The van der Waals surface area contributed by atoms with E-state index in [1.54, 1.807) is 0 Å². The molecule has 140 heavy (non-hydrogen) atoms. The summed E-state index contributed by atoms with van der Waals surface area (Å²) >= 11 is 0. The van der Waals surface area contributed by atoms with Gasteiger partial charge in [0.25, 0.3) is 0 Å². The lowest BCUT2D eigenvalue weighted by atomic mass is 9.60. The molecule has 0 nitrogen and oxygen atoms in total. The number of hydrogen-bond donors (Lipinski definition) is 0. The average molecular weight is 1940 g/mol. The molecule has 0 aliphatic heterocycles. The van der Waals surface area contributed by atoms with Gasteiger partial charge in [0.05, 0.1) is 0 Å². The Morgan fingerprint density at radius 3 is 0.343 bits per heavy atom. The van der Waals surface area contributed by atoms with E-state index in [0.717, 1.165) is 33.4 Å². The van der Waals surface area contributed by atoms with Crippen molar-refractivity contribution in [1.29, 1.82) is 0 Å². The molecule has 0 aromatic heterocycles. The Morgan fingerprint density at radius 1 is 0.143 bits per heavy atom. The monoisotopic (exact) mass is 1940 g/mol. The van der Waals surface area contributed by atoms with E-state index in [9.17, 15) is 0 Å². The molecule has 0 N–H and O–H groups in total. The van der Waals surface area contributed by atoms with Crippen LogP contribution in [-0.2, 0) is 0 Å². The van der Waals surface area contributed by atoms with E-state index < -0.39 is 48.4 Å². The minimum atomic E-state index is -2.30. The van der Waals surface area contributed by atoms with E-state index in [0.29, 0.717) is 99.7 Å². The molecule has 0 saturated heterocycles. The van der Waals surface area contributed by atoms with Gasteiger partial charge >= 0.3 is 0 Å². The lowest BCUT2D eigenvalue weighted by Crippen LogP contribution is -2.43. The summed E-state index contributed by atoms with van der Waals surface area (Å²) in [5.74, 6) is 25.4. The van der Waals surface area contributed by atoms with E-state index in [-0.39, 0.29) is 11.8 Å². The third kappa shape index (κ3) is 16.0. The van der Waals surface area contributed by atoms with Crippen LogP contribution in [0.2, 0.25) is 99.7 Å². The second-order valence-electron chi connectivity index (χ2n) is 48.9. The first kappa shape index (κ1) is 102. The zero-order chi connectivity index (χ0) is 101. The number of fused-ring (bicyclic) bond motifs is 12. The first-order valence-electron chi connectivity index (χ1n) is 54.1. The van der Waals surface area contributed by atoms with Gasteiger partial charge in [-0.2, -0.15) is 0 Å². The van der Waals surface area contributed by atoms with E-state index in [4.69, 9.17) is 0 Å². The Labute approximate surface area is 849 Å².